The number of piperidine rings is 1. The average Bonchev–Trinajstić information content (AvgIpc) is 2.81. The number of likely N-dealkylation sites (tertiary alicyclic amines) is 1. The van der Waals surface area contributed by atoms with Crippen LogP contribution in [0.2, 0.25) is 0 Å². The molecule has 3 N–H and O–H groups in total. The topological polar surface area (TPSA) is 84.7 Å². The number of nitrogens with one attached hydrogen (secondary N) is 1. The first kappa shape index (κ1) is 22.6. The van der Waals surface area contributed by atoms with E-state index in [0.717, 1.165) is 31.2 Å². The molecule has 6 nitrogen and oxygen atoms in total. The Morgan fingerprint density at radius 3 is 2.12 bits per heavy atom. The van der Waals surface area contributed by atoms with Gasteiger partial charge in [0, 0.05) is 29.9 Å². The highest BCUT2D eigenvalue weighted by atomic mass is 16.5. The summed E-state index contributed by atoms with van der Waals surface area (Å²) in [7, 11) is 0. The summed E-state index contributed by atoms with van der Waals surface area (Å²) in [6.07, 6.45) is 2.58. The van der Waals surface area contributed by atoms with Crippen molar-refractivity contribution in [3.63, 3.8) is 0 Å². The quantitative estimate of drug-likeness (QED) is 0.534. The molecule has 1 saturated heterocycles. The molecular formula is C27H29N3O3. The number of rotatable bonds is 7. The summed E-state index contributed by atoms with van der Waals surface area (Å²) in [5, 5.41) is 2.94. The molecule has 170 valence electrons. The second-order valence-electron chi connectivity index (χ2n) is 8.65. The van der Waals surface area contributed by atoms with E-state index >= 15 is 0 Å². The Hall–Kier alpha value is -3.64. The lowest BCUT2D eigenvalue weighted by Gasteiger charge is -2.30. The Kier molecular flexibility index (Phi) is 7.05. The third-order valence-electron chi connectivity index (χ3n) is 5.85. The summed E-state index contributed by atoms with van der Waals surface area (Å²) in [4.78, 5) is 26.3. The third-order valence-corrected chi connectivity index (χ3v) is 5.85. The van der Waals surface area contributed by atoms with Crippen molar-refractivity contribution in [1.82, 2.24) is 4.90 Å². The molecule has 2 amide bonds. The number of hydrogen-bond donors (Lipinski definition) is 2. The first-order valence-electron chi connectivity index (χ1n) is 11.3. The van der Waals surface area contributed by atoms with Gasteiger partial charge >= 0.3 is 0 Å². The van der Waals surface area contributed by atoms with Crippen molar-refractivity contribution in [2.75, 3.05) is 18.4 Å². The number of nitrogens with two attached hydrogens (primary N) is 1. The SMILES string of the molecule is CC1CCCN(Cc2ccc(NC(=O)c3ccc(Oc4ccc(C(N)=O)cc4)cc3)cc2)C1. The Morgan fingerprint density at radius 2 is 1.55 bits per heavy atom. The van der Waals surface area contributed by atoms with E-state index in [9.17, 15) is 9.59 Å². The second-order valence-corrected chi connectivity index (χ2v) is 8.65. The third kappa shape index (κ3) is 6.20. The summed E-state index contributed by atoms with van der Waals surface area (Å²) in [5.74, 6) is 1.27. The Balaban J connectivity index is 1.31. The molecule has 33 heavy (non-hydrogen) atoms. The second kappa shape index (κ2) is 10.3. The van der Waals surface area contributed by atoms with Gasteiger partial charge in [-0.1, -0.05) is 19.1 Å². The maximum absolute atomic E-state index is 12.6. The van der Waals surface area contributed by atoms with Gasteiger partial charge in [0.2, 0.25) is 5.91 Å². The molecule has 1 atom stereocenters. The van der Waals surface area contributed by atoms with Crippen LogP contribution in [0.3, 0.4) is 0 Å². The van der Waals surface area contributed by atoms with Gasteiger partial charge in [0.05, 0.1) is 0 Å². The van der Waals surface area contributed by atoms with Gasteiger partial charge in [0.25, 0.3) is 5.91 Å². The zero-order valence-electron chi connectivity index (χ0n) is 18.8. The lowest BCUT2D eigenvalue weighted by Crippen LogP contribution is -2.33. The van der Waals surface area contributed by atoms with Crippen LogP contribution < -0.4 is 15.8 Å². The number of carbonyl (C=O) groups is 2. The molecule has 3 aromatic rings. The highest BCUT2D eigenvalue weighted by molar-refractivity contribution is 6.04. The molecular weight excluding hydrogens is 414 g/mol. The standard InChI is InChI=1S/C27H29N3O3/c1-19-3-2-16-30(17-19)18-20-4-10-23(11-5-20)29-27(32)22-8-14-25(15-9-22)33-24-12-6-21(7-13-24)26(28)31/h4-15,19H,2-3,16-18H2,1H3,(H2,28,31)(H,29,32). The van der Waals surface area contributed by atoms with Crippen LogP contribution in [0.1, 0.15) is 46.0 Å². The number of benzene rings is 3. The van der Waals surface area contributed by atoms with Gasteiger partial charge in [0.1, 0.15) is 11.5 Å². The van der Waals surface area contributed by atoms with Crippen LogP contribution in [0.15, 0.2) is 72.8 Å². The molecule has 1 heterocycles. The summed E-state index contributed by atoms with van der Waals surface area (Å²) in [5.41, 5.74) is 8.23. The van der Waals surface area contributed by atoms with E-state index in [1.165, 1.54) is 18.4 Å². The first-order valence-corrected chi connectivity index (χ1v) is 11.3. The van der Waals surface area contributed by atoms with Crippen LogP contribution in [-0.2, 0) is 6.54 Å². The molecule has 1 unspecified atom stereocenters. The van der Waals surface area contributed by atoms with Gasteiger partial charge in [-0.3, -0.25) is 14.5 Å². The van der Waals surface area contributed by atoms with Gasteiger partial charge in [-0.05, 0) is 91.5 Å². The average molecular weight is 444 g/mol. The Bertz CT molecular complexity index is 1090. The molecule has 1 fully saturated rings. The van der Waals surface area contributed by atoms with Crippen LogP contribution in [0.5, 0.6) is 11.5 Å². The van der Waals surface area contributed by atoms with Crippen molar-refractivity contribution >= 4 is 17.5 Å². The fourth-order valence-corrected chi connectivity index (χ4v) is 4.08. The lowest BCUT2D eigenvalue weighted by atomic mass is 10.00. The summed E-state index contributed by atoms with van der Waals surface area (Å²) >= 11 is 0. The molecule has 0 radical (unpaired) electrons. The molecule has 0 saturated carbocycles. The Morgan fingerprint density at radius 1 is 0.939 bits per heavy atom. The van der Waals surface area contributed by atoms with Crippen molar-refractivity contribution in [2.24, 2.45) is 11.7 Å². The normalized spacial score (nSPS) is 16.2. The number of nitrogens with zero attached hydrogens (tertiary/aromatic N) is 1. The van der Waals surface area contributed by atoms with Crippen molar-refractivity contribution in [3.8, 4) is 11.5 Å². The van der Waals surface area contributed by atoms with Crippen molar-refractivity contribution in [1.29, 1.82) is 0 Å². The monoisotopic (exact) mass is 443 g/mol. The maximum atomic E-state index is 12.6. The molecule has 0 bridgehead atoms. The molecule has 3 aromatic carbocycles. The van der Waals surface area contributed by atoms with E-state index in [-0.39, 0.29) is 5.91 Å². The molecule has 0 aliphatic carbocycles. The zero-order chi connectivity index (χ0) is 23.2. The van der Waals surface area contributed by atoms with E-state index in [1.807, 2.05) is 12.1 Å². The van der Waals surface area contributed by atoms with E-state index in [2.05, 4.69) is 29.3 Å². The largest absolute Gasteiger partial charge is 0.457 e. The van der Waals surface area contributed by atoms with Gasteiger partial charge < -0.3 is 15.8 Å². The van der Waals surface area contributed by atoms with E-state index in [1.54, 1.807) is 48.5 Å². The predicted octanol–water partition coefficient (Wildman–Crippen LogP) is 5.06. The molecule has 6 heteroatoms. The van der Waals surface area contributed by atoms with Crippen molar-refractivity contribution in [3.05, 3.63) is 89.5 Å². The number of ether oxygens (including phenoxy) is 1. The van der Waals surface area contributed by atoms with Gasteiger partial charge in [-0.2, -0.15) is 0 Å². The van der Waals surface area contributed by atoms with Gasteiger partial charge in [0.15, 0.2) is 0 Å². The zero-order valence-corrected chi connectivity index (χ0v) is 18.8. The smallest absolute Gasteiger partial charge is 0.255 e. The Labute approximate surface area is 194 Å². The minimum Gasteiger partial charge on any atom is -0.457 e. The number of primary amides is 1. The molecule has 1 aliphatic rings. The lowest BCUT2D eigenvalue weighted by molar-refractivity contribution is 0.0997. The van der Waals surface area contributed by atoms with E-state index < -0.39 is 5.91 Å². The minimum absolute atomic E-state index is 0.176. The van der Waals surface area contributed by atoms with E-state index in [4.69, 9.17) is 10.5 Å². The molecule has 4 rings (SSSR count). The van der Waals surface area contributed by atoms with E-state index in [0.29, 0.717) is 22.6 Å². The number of amides is 2. The summed E-state index contributed by atoms with van der Waals surface area (Å²) in [6.45, 7) is 5.57. The highest BCUT2D eigenvalue weighted by Crippen LogP contribution is 2.23. The number of anilines is 1. The molecule has 1 aliphatic heterocycles. The summed E-state index contributed by atoms with van der Waals surface area (Å²) in [6, 6.07) is 21.5. The van der Waals surface area contributed by atoms with Gasteiger partial charge in [-0.25, -0.2) is 0 Å². The maximum Gasteiger partial charge on any atom is 0.255 e. The fourth-order valence-electron chi connectivity index (χ4n) is 4.08. The molecule has 0 spiro atoms. The van der Waals surface area contributed by atoms with Crippen LogP contribution in [0.25, 0.3) is 0 Å². The van der Waals surface area contributed by atoms with Gasteiger partial charge in [-0.15, -0.1) is 0 Å². The van der Waals surface area contributed by atoms with Crippen LogP contribution in [0, 0.1) is 5.92 Å². The minimum atomic E-state index is -0.483. The summed E-state index contributed by atoms with van der Waals surface area (Å²) < 4.78 is 5.76. The first-order chi connectivity index (χ1) is 16.0. The van der Waals surface area contributed by atoms with Crippen LogP contribution in [-0.4, -0.2) is 29.8 Å². The van der Waals surface area contributed by atoms with Crippen LogP contribution in [0.4, 0.5) is 5.69 Å². The van der Waals surface area contributed by atoms with Crippen molar-refractivity contribution < 1.29 is 14.3 Å². The number of carbonyl (C=O) groups excluding carboxylic acids is 2. The fraction of sp³-hybridized carbons (Fsp3) is 0.259. The van der Waals surface area contributed by atoms with Crippen LogP contribution >= 0.6 is 0 Å². The molecule has 0 aromatic heterocycles. The van der Waals surface area contributed by atoms with Crippen molar-refractivity contribution in [2.45, 2.75) is 26.3 Å². The highest BCUT2D eigenvalue weighted by Gasteiger charge is 2.16. The predicted molar refractivity (Wildman–Crippen MR) is 130 cm³/mol. The number of hydrogen-bond acceptors (Lipinski definition) is 4.